The van der Waals surface area contributed by atoms with Crippen LogP contribution in [0.5, 0.6) is 0 Å². The third-order valence-corrected chi connectivity index (χ3v) is 9.75. The SMILES string of the molecule is C/C=C\C=C/C(C)/C(c1ccccc1-c1ccccc1)=c1/cccc/c1=C(/CCC)c1ccc2c(c1)-c1ccccc1C1CC21.CC. The zero-order valence-corrected chi connectivity index (χ0v) is 28.7. The molecule has 3 unspecified atom stereocenters. The molecule has 7 rings (SSSR count). The van der Waals surface area contributed by atoms with Crippen molar-refractivity contribution in [1.82, 2.24) is 0 Å². The molecule has 0 aliphatic heterocycles. The minimum absolute atomic E-state index is 0.206. The lowest BCUT2D eigenvalue weighted by molar-refractivity contribution is 0.949. The maximum atomic E-state index is 2.51. The van der Waals surface area contributed by atoms with Crippen LogP contribution in [0, 0.1) is 5.92 Å². The molecule has 5 aromatic rings. The van der Waals surface area contributed by atoms with Gasteiger partial charge >= 0.3 is 0 Å². The van der Waals surface area contributed by atoms with Gasteiger partial charge in [0.15, 0.2) is 0 Å². The van der Waals surface area contributed by atoms with Gasteiger partial charge in [-0.2, -0.15) is 0 Å². The van der Waals surface area contributed by atoms with Crippen LogP contribution in [0.4, 0.5) is 0 Å². The van der Waals surface area contributed by atoms with E-state index in [0.29, 0.717) is 11.8 Å². The van der Waals surface area contributed by atoms with E-state index in [1.807, 2.05) is 13.8 Å². The number of rotatable bonds is 8. The number of benzene rings is 5. The summed E-state index contributed by atoms with van der Waals surface area (Å²) in [7, 11) is 0. The molecule has 2 aliphatic carbocycles. The number of fused-ring (bicyclic) bond motifs is 6. The van der Waals surface area contributed by atoms with Gasteiger partial charge in [0.1, 0.15) is 0 Å². The van der Waals surface area contributed by atoms with Crippen molar-refractivity contribution in [1.29, 1.82) is 0 Å². The van der Waals surface area contributed by atoms with Gasteiger partial charge in [-0.25, -0.2) is 0 Å². The molecule has 1 saturated carbocycles. The molecular weight excluding hydrogens is 565 g/mol. The average Bonchev–Trinajstić information content (AvgIpc) is 3.94. The van der Waals surface area contributed by atoms with E-state index in [0.717, 1.165) is 12.8 Å². The molecule has 0 heterocycles. The van der Waals surface area contributed by atoms with Crippen molar-refractivity contribution in [2.45, 2.75) is 65.7 Å². The largest absolute Gasteiger partial charge is 0.0877 e. The fraction of sp³-hybridized carbons (Fsp3) is 0.234. The van der Waals surface area contributed by atoms with E-state index in [4.69, 9.17) is 0 Å². The Balaban J connectivity index is 0.00000190. The molecule has 0 aromatic heterocycles. The van der Waals surface area contributed by atoms with Crippen LogP contribution in [0.1, 0.15) is 88.0 Å². The third-order valence-electron chi connectivity index (χ3n) is 9.75. The lowest BCUT2D eigenvalue weighted by Gasteiger charge is -2.21. The van der Waals surface area contributed by atoms with Crippen molar-refractivity contribution in [2.24, 2.45) is 5.92 Å². The molecule has 3 atom stereocenters. The first kappa shape index (κ1) is 32.3. The van der Waals surface area contributed by atoms with Crippen LogP contribution in [0.3, 0.4) is 0 Å². The first-order valence-corrected chi connectivity index (χ1v) is 17.7. The van der Waals surface area contributed by atoms with E-state index in [1.54, 1.807) is 11.1 Å². The minimum Gasteiger partial charge on any atom is -0.0877 e. The molecule has 0 spiro atoms. The summed E-state index contributed by atoms with van der Waals surface area (Å²) in [5.74, 6) is 1.60. The summed E-state index contributed by atoms with van der Waals surface area (Å²) in [5, 5.41) is 2.67. The second kappa shape index (κ2) is 14.8. The Hall–Kier alpha value is -4.68. The van der Waals surface area contributed by atoms with Crippen molar-refractivity contribution in [3.05, 3.63) is 178 Å². The number of hydrogen-bond acceptors (Lipinski definition) is 0. The van der Waals surface area contributed by atoms with Crippen LogP contribution in [-0.2, 0) is 0 Å². The summed E-state index contributed by atoms with van der Waals surface area (Å²) in [4.78, 5) is 0. The van der Waals surface area contributed by atoms with Crippen LogP contribution in [-0.4, -0.2) is 0 Å². The molecule has 2 aliphatic rings. The van der Waals surface area contributed by atoms with E-state index < -0.39 is 0 Å². The first-order chi connectivity index (χ1) is 23.2. The lowest BCUT2D eigenvalue weighted by atomic mass is 9.82. The van der Waals surface area contributed by atoms with Gasteiger partial charge in [0, 0.05) is 5.92 Å². The molecular formula is C47H48. The highest BCUT2D eigenvalue weighted by molar-refractivity contribution is 5.84. The zero-order chi connectivity index (χ0) is 32.8. The Labute approximate surface area is 282 Å². The van der Waals surface area contributed by atoms with Crippen molar-refractivity contribution in [2.75, 3.05) is 0 Å². The fourth-order valence-electron chi connectivity index (χ4n) is 7.58. The van der Waals surface area contributed by atoms with Crippen molar-refractivity contribution in [3.8, 4) is 22.3 Å². The minimum atomic E-state index is 0.206. The van der Waals surface area contributed by atoms with Crippen molar-refractivity contribution < 1.29 is 0 Å². The normalized spacial score (nSPS) is 18.0. The molecule has 0 radical (unpaired) electrons. The van der Waals surface area contributed by atoms with Gasteiger partial charge in [-0.3, -0.25) is 0 Å². The number of hydrogen-bond donors (Lipinski definition) is 0. The molecule has 0 amide bonds. The van der Waals surface area contributed by atoms with Crippen LogP contribution in [0.15, 0.2) is 146 Å². The van der Waals surface area contributed by atoms with E-state index in [2.05, 4.69) is 166 Å². The van der Waals surface area contributed by atoms with Crippen LogP contribution in [0.25, 0.3) is 33.4 Å². The Kier molecular flexibility index (Phi) is 10.2. The van der Waals surface area contributed by atoms with Crippen molar-refractivity contribution >= 4 is 11.1 Å². The molecule has 5 aromatic carbocycles. The van der Waals surface area contributed by atoms with E-state index >= 15 is 0 Å². The van der Waals surface area contributed by atoms with Crippen molar-refractivity contribution in [3.63, 3.8) is 0 Å². The molecule has 0 saturated heterocycles. The smallest absolute Gasteiger partial charge is 0.000500 e. The van der Waals surface area contributed by atoms with Gasteiger partial charge in [-0.1, -0.05) is 174 Å². The molecule has 0 nitrogen and oxygen atoms in total. The fourth-order valence-corrected chi connectivity index (χ4v) is 7.58. The quantitative estimate of drug-likeness (QED) is 0.153. The van der Waals surface area contributed by atoms with Gasteiger partial charge in [0.25, 0.3) is 0 Å². The summed E-state index contributed by atoms with van der Waals surface area (Å²) < 4.78 is 0. The topological polar surface area (TPSA) is 0 Å². The summed E-state index contributed by atoms with van der Waals surface area (Å²) in [6.45, 7) is 10.7. The van der Waals surface area contributed by atoms with E-state index in [-0.39, 0.29) is 5.92 Å². The Morgan fingerprint density at radius 3 is 2.06 bits per heavy atom. The first-order valence-electron chi connectivity index (χ1n) is 17.7. The van der Waals surface area contributed by atoms with Gasteiger partial charge < -0.3 is 0 Å². The highest BCUT2D eigenvalue weighted by Gasteiger charge is 2.45. The third kappa shape index (κ3) is 6.48. The summed E-state index contributed by atoms with van der Waals surface area (Å²) >= 11 is 0. The zero-order valence-electron chi connectivity index (χ0n) is 28.7. The summed E-state index contributed by atoms with van der Waals surface area (Å²) in [5.41, 5.74) is 13.9. The van der Waals surface area contributed by atoms with Gasteiger partial charge in [-0.05, 0) is 104 Å². The lowest BCUT2D eigenvalue weighted by Crippen LogP contribution is -2.31. The van der Waals surface area contributed by atoms with E-state index in [1.165, 1.54) is 61.4 Å². The Bertz CT molecular complexity index is 2020. The van der Waals surface area contributed by atoms with Crippen LogP contribution >= 0.6 is 0 Å². The monoisotopic (exact) mass is 612 g/mol. The van der Waals surface area contributed by atoms with Gasteiger partial charge in [-0.15, -0.1) is 0 Å². The number of allylic oxidation sites excluding steroid dienone is 4. The van der Waals surface area contributed by atoms with Gasteiger partial charge in [0.05, 0.1) is 0 Å². The maximum absolute atomic E-state index is 2.51. The highest BCUT2D eigenvalue weighted by Crippen LogP contribution is 2.62. The van der Waals surface area contributed by atoms with Crippen LogP contribution < -0.4 is 10.4 Å². The average molecular weight is 613 g/mol. The Morgan fingerprint density at radius 2 is 1.32 bits per heavy atom. The predicted octanol–water partition coefficient (Wildman–Crippen LogP) is 11.6. The standard InChI is InChI=1S/C45H42.C2H6/c1-4-6-8-18-31(3)45(40-25-15-11-21-35(40)32-19-9-7-10-20-32)41-26-16-14-22-36(41)34(17-5-2)33-27-28-39-42(29-33)37-23-12-13-24-38(37)43-30-44(39)43;1-2/h4,6-16,18-29,31,43-44H,5,17,30H2,1-3H3;1-2H3/b6-4-,18-8-,36-34+,45-41+;. The molecule has 236 valence electrons. The maximum Gasteiger partial charge on any atom is 0.000500 e. The molecule has 47 heavy (non-hydrogen) atoms. The van der Waals surface area contributed by atoms with E-state index in [9.17, 15) is 0 Å². The summed E-state index contributed by atoms with van der Waals surface area (Å²) in [6.07, 6.45) is 12.2. The molecule has 0 N–H and O–H groups in total. The predicted molar refractivity (Wildman–Crippen MR) is 204 cm³/mol. The Morgan fingerprint density at radius 1 is 0.681 bits per heavy atom. The van der Waals surface area contributed by atoms with Gasteiger partial charge in [0.2, 0.25) is 0 Å². The second-order valence-corrected chi connectivity index (χ2v) is 12.6. The molecule has 0 bridgehead atoms. The molecule has 1 fully saturated rings. The molecule has 0 heteroatoms. The highest BCUT2D eigenvalue weighted by atomic mass is 14.5. The second-order valence-electron chi connectivity index (χ2n) is 12.6. The summed E-state index contributed by atoms with van der Waals surface area (Å²) in [6, 6.07) is 45.4. The van der Waals surface area contributed by atoms with Crippen LogP contribution in [0.2, 0.25) is 0 Å².